The smallest absolute Gasteiger partial charge is 0.151 e. The van der Waals surface area contributed by atoms with E-state index < -0.39 is 9.84 Å². The molecule has 1 aliphatic heterocycles. The van der Waals surface area contributed by atoms with Crippen LogP contribution in [0.1, 0.15) is 17.9 Å². The zero-order valence-corrected chi connectivity index (χ0v) is 10.6. The molecule has 2 unspecified atom stereocenters. The molecule has 4 nitrogen and oxygen atoms in total. The van der Waals surface area contributed by atoms with E-state index in [1.807, 2.05) is 24.3 Å². The number of rotatable bonds is 2. The first-order valence-corrected chi connectivity index (χ1v) is 7.44. The minimum absolute atomic E-state index is 0.0870. The Kier molecular flexibility index (Phi) is 3.40. The molecule has 0 aliphatic carbocycles. The lowest BCUT2D eigenvalue weighted by Gasteiger charge is -2.28. The summed E-state index contributed by atoms with van der Waals surface area (Å²) in [6.45, 7) is 0. The van der Waals surface area contributed by atoms with Crippen molar-refractivity contribution in [2.45, 2.75) is 18.4 Å². The molecule has 17 heavy (non-hydrogen) atoms. The van der Waals surface area contributed by atoms with Crippen molar-refractivity contribution in [3.63, 3.8) is 0 Å². The first kappa shape index (κ1) is 12.4. The minimum atomic E-state index is -2.94. The van der Waals surface area contributed by atoms with Gasteiger partial charge >= 0.3 is 0 Å². The summed E-state index contributed by atoms with van der Waals surface area (Å²) < 4.78 is 28.0. The van der Waals surface area contributed by atoms with Crippen molar-refractivity contribution >= 4 is 9.84 Å². The van der Waals surface area contributed by atoms with Gasteiger partial charge in [0.25, 0.3) is 0 Å². The van der Waals surface area contributed by atoms with Crippen LogP contribution in [0.15, 0.2) is 24.3 Å². The Morgan fingerprint density at radius 3 is 2.47 bits per heavy atom. The first-order valence-electron chi connectivity index (χ1n) is 5.62. The van der Waals surface area contributed by atoms with Gasteiger partial charge in [-0.2, -0.15) is 0 Å². The van der Waals surface area contributed by atoms with Gasteiger partial charge in [0.1, 0.15) is 5.75 Å². The zero-order chi connectivity index (χ0) is 12.5. The Bertz CT molecular complexity index is 481. The fourth-order valence-electron chi connectivity index (χ4n) is 2.28. The lowest BCUT2D eigenvalue weighted by Crippen LogP contribution is -2.41. The number of ether oxygens (including phenoxy) is 1. The van der Waals surface area contributed by atoms with Gasteiger partial charge in [-0.15, -0.1) is 0 Å². The average molecular weight is 255 g/mol. The Labute approximate surface area is 102 Å². The molecule has 1 heterocycles. The summed E-state index contributed by atoms with van der Waals surface area (Å²) >= 11 is 0. The molecular formula is C12H17NO3S. The number of methoxy groups -OCH3 is 1. The Balaban J connectivity index is 2.17. The van der Waals surface area contributed by atoms with Crippen molar-refractivity contribution in [2.24, 2.45) is 5.73 Å². The van der Waals surface area contributed by atoms with Gasteiger partial charge in [-0.05, 0) is 24.1 Å². The third-order valence-corrected chi connectivity index (χ3v) is 5.00. The highest BCUT2D eigenvalue weighted by Crippen LogP contribution is 2.29. The Hall–Kier alpha value is -1.07. The van der Waals surface area contributed by atoms with Gasteiger partial charge in [-0.1, -0.05) is 12.1 Å². The number of hydrogen-bond donors (Lipinski definition) is 1. The quantitative estimate of drug-likeness (QED) is 0.853. The summed E-state index contributed by atoms with van der Waals surface area (Å²) in [7, 11) is -1.32. The van der Waals surface area contributed by atoms with Gasteiger partial charge in [0.05, 0.1) is 18.6 Å². The van der Waals surface area contributed by atoms with Crippen LogP contribution in [-0.2, 0) is 9.84 Å². The maximum Gasteiger partial charge on any atom is 0.151 e. The van der Waals surface area contributed by atoms with Crippen LogP contribution in [0.4, 0.5) is 0 Å². The maximum atomic E-state index is 11.4. The fourth-order valence-corrected chi connectivity index (χ4v) is 3.88. The summed E-state index contributed by atoms with van der Waals surface area (Å²) in [5.74, 6) is 1.25. The molecule has 2 rings (SSSR count). The van der Waals surface area contributed by atoms with E-state index in [2.05, 4.69) is 0 Å². The normalized spacial score (nSPS) is 27.6. The molecular weight excluding hydrogens is 238 g/mol. The molecule has 94 valence electrons. The van der Waals surface area contributed by atoms with E-state index in [-0.39, 0.29) is 23.5 Å². The molecule has 1 aromatic rings. The third-order valence-electron chi connectivity index (χ3n) is 3.25. The highest BCUT2D eigenvalue weighted by Gasteiger charge is 2.31. The second-order valence-corrected chi connectivity index (χ2v) is 6.68. The van der Waals surface area contributed by atoms with E-state index in [4.69, 9.17) is 10.5 Å². The molecule has 0 aromatic heterocycles. The molecule has 2 N–H and O–H groups in total. The van der Waals surface area contributed by atoms with E-state index in [0.29, 0.717) is 6.42 Å². The van der Waals surface area contributed by atoms with Crippen LogP contribution < -0.4 is 10.5 Å². The SMILES string of the molecule is COc1ccc(C2CCS(=O)(=O)CC2N)cc1. The van der Waals surface area contributed by atoms with Crippen molar-refractivity contribution in [3.8, 4) is 5.75 Å². The van der Waals surface area contributed by atoms with Crippen LogP contribution in [0.25, 0.3) is 0 Å². The molecule has 0 spiro atoms. The van der Waals surface area contributed by atoms with E-state index in [9.17, 15) is 8.42 Å². The van der Waals surface area contributed by atoms with Gasteiger partial charge in [0, 0.05) is 12.0 Å². The summed E-state index contributed by atoms with van der Waals surface area (Å²) in [5, 5.41) is 0. The second-order valence-electron chi connectivity index (χ2n) is 4.45. The van der Waals surface area contributed by atoms with Crippen molar-refractivity contribution in [3.05, 3.63) is 29.8 Å². The monoisotopic (exact) mass is 255 g/mol. The minimum Gasteiger partial charge on any atom is -0.497 e. The number of nitrogens with two attached hydrogens (primary N) is 1. The number of sulfone groups is 1. The van der Waals surface area contributed by atoms with Crippen LogP contribution in [0, 0.1) is 0 Å². The first-order chi connectivity index (χ1) is 8.02. The highest BCUT2D eigenvalue weighted by atomic mass is 32.2. The van der Waals surface area contributed by atoms with Crippen LogP contribution >= 0.6 is 0 Å². The lowest BCUT2D eigenvalue weighted by atomic mass is 9.90. The average Bonchev–Trinajstić information content (AvgIpc) is 2.28. The van der Waals surface area contributed by atoms with Crippen LogP contribution in [0.5, 0.6) is 5.75 Å². The van der Waals surface area contributed by atoms with E-state index >= 15 is 0 Å². The van der Waals surface area contributed by atoms with Crippen molar-refractivity contribution in [2.75, 3.05) is 18.6 Å². The number of hydrogen-bond acceptors (Lipinski definition) is 4. The predicted molar refractivity (Wildman–Crippen MR) is 67.0 cm³/mol. The van der Waals surface area contributed by atoms with Gasteiger partial charge in [-0.25, -0.2) is 8.42 Å². The Morgan fingerprint density at radius 1 is 1.29 bits per heavy atom. The maximum absolute atomic E-state index is 11.4. The van der Waals surface area contributed by atoms with Crippen molar-refractivity contribution in [1.29, 1.82) is 0 Å². The van der Waals surface area contributed by atoms with E-state index in [1.54, 1.807) is 7.11 Å². The second kappa shape index (κ2) is 4.66. The van der Waals surface area contributed by atoms with E-state index in [1.165, 1.54) is 0 Å². The van der Waals surface area contributed by atoms with Crippen molar-refractivity contribution in [1.82, 2.24) is 0 Å². The van der Waals surface area contributed by atoms with Crippen LogP contribution in [-0.4, -0.2) is 33.1 Å². The standard InChI is InChI=1S/C12H17NO3S/c1-16-10-4-2-9(3-5-10)11-6-7-17(14,15)8-12(11)13/h2-5,11-12H,6-8,13H2,1H3. The molecule has 0 bridgehead atoms. The summed E-state index contributed by atoms with van der Waals surface area (Å²) in [6.07, 6.45) is 0.607. The molecule has 1 saturated heterocycles. The van der Waals surface area contributed by atoms with Gasteiger partial charge in [0.15, 0.2) is 9.84 Å². The molecule has 1 fully saturated rings. The molecule has 0 radical (unpaired) electrons. The van der Waals surface area contributed by atoms with Crippen LogP contribution in [0.2, 0.25) is 0 Å². The summed E-state index contributed by atoms with van der Waals surface area (Å²) in [4.78, 5) is 0. The van der Waals surface area contributed by atoms with Crippen LogP contribution in [0.3, 0.4) is 0 Å². The van der Waals surface area contributed by atoms with E-state index in [0.717, 1.165) is 11.3 Å². The van der Waals surface area contributed by atoms with Gasteiger partial charge in [-0.3, -0.25) is 0 Å². The topological polar surface area (TPSA) is 69.4 Å². The summed E-state index contributed by atoms with van der Waals surface area (Å²) in [5.41, 5.74) is 7.04. The van der Waals surface area contributed by atoms with Crippen molar-refractivity contribution < 1.29 is 13.2 Å². The fraction of sp³-hybridized carbons (Fsp3) is 0.500. The molecule has 1 aromatic carbocycles. The van der Waals surface area contributed by atoms with Gasteiger partial charge in [0.2, 0.25) is 0 Å². The molecule has 0 saturated carbocycles. The molecule has 5 heteroatoms. The molecule has 1 aliphatic rings. The lowest BCUT2D eigenvalue weighted by molar-refractivity contribution is 0.414. The molecule has 2 atom stereocenters. The Morgan fingerprint density at radius 2 is 1.94 bits per heavy atom. The van der Waals surface area contributed by atoms with Gasteiger partial charge < -0.3 is 10.5 Å². The largest absolute Gasteiger partial charge is 0.497 e. The number of benzene rings is 1. The molecule has 0 amide bonds. The third kappa shape index (κ3) is 2.79. The highest BCUT2D eigenvalue weighted by molar-refractivity contribution is 7.91. The predicted octanol–water partition coefficient (Wildman–Crippen LogP) is 0.925. The summed E-state index contributed by atoms with van der Waals surface area (Å²) in [6, 6.07) is 7.38. The zero-order valence-electron chi connectivity index (χ0n) is 9.80.